The van der Waals surface area contributed by atoms with E-state index in [0.717, 1.165) is 23.0 Å². The van der Waals surface area contributed by atoms with Gasteiger partial charge in [0, 0.05) is 40.4 Å². The third-order valence-corrected chi connectivity index (χ3v) is 9.88. The van der Waals surface area contributed by atoms with Gasteiger partial charge in [-0.2, -0.15) is 35.3 Å². The Morgan fingerprint density at radius 3 is 2.86 bits per heavy atom. The molecule has 3 aliphatic rings. The van der Waals surface area contributed by atoms with Crippen LogP contribution in [-0.4, -0.2) is 58.8 Å². The van der Waals surface area contributed by atoms with Crippen molar-refractivity contribution in [2.24, 2.45) is 5.92 Å². The van der Waals surface area contributed by atoms with E-state index >= 15 is 0 Å². The SMILES string of the molecule is CCC1SCCSC1C(NC)C1CCOC2(CCSC2)C1. The van der Waals surface area contributed by atoms with E-state index in [0.29, 0.717) is 6.04 Å². The van der Waals surface area contributed by atoms with Crippen LogP contribution in [0.5, 0.6) is 0 Å². The Kier molecular flexibility index (Phi) is 6.16. The van der Waals surface area contributed by atoms with Crippen LogP contribution in [0.25, 0.3) is 0 Å². The number of nitrogens with one attached hydrogen (secondary N) is 1. The predicted molar refractivity (Wildman–Crippen MR) is 99.0 cm³/mol. The maximum atomic E-state index is 6.23. The minimum atomic E-state index is 0.219. The molecular formula is C16H29NOS3. The summed E-state index contributed by atoms with van der Waals surface area (Å²) in [5.41, 5.74) is 0.219. The van der Waals surface area contributed by atoms with Gasteiger partial charge < -0.3 is 10.1 Å². The highest BCUT2D eigenvalue weighted by Gasteiger charge is 2.45. The van der Waals surface area contributed by atoms with Crippen molar-refractivity contribution in [2.75, 3.05) is 36.7 Å². The zero-order valence-electron chi connectivity index (χ0n) is 13.3. The highest BCUT2D eigenvalue weighted by molar-refractivity contribution is 8.07. The van der Waals surface area contributed by atoms with Crippen LogP contribution in [-0.2, 0) is 4.74 Å². The van der Waals surface area contributed by atoms with Crippen LogP contribution in [0.15, 0.2) is 0 Å². The van der Waals surface area contributed by atoms with Crippen molar-refractivity contribution in [3.05, 3.63) is 0 Å². The molecule has 2 nitrogen and oxygen atoms in total. The van der Waals surface area contributed by atoms with Gasteiger partial charge in [0.15, 0.2) is 0 Å². The molecule has 3 rings (SSSR count). The number of ether oxygens (including phenoxy) is 1. The van der Waals surface area contributed by atoms with Crippen molar-refractivity contribution in [1.29, 1.82) is 0 Å². The normalized spacial score (nSPS) is 42.3. The lowest BCUT2D eigenvalue weighted by Gasteiger charge is -2.45. The molecule has 122 valence electrons. The lowest BCUT2D eigenvalue weighted by molar-refractivity contribution is -0.0848. The molecule has 3 heterocycles. The summed E-state index contributed by atoms with van der Waals surface area (Å²) < 4.78 is 6.23. The summed E-state index contributed by atoms with van der Waals surface area (Å²) >= 11 is 6.52. The second-order valence-electron chi connectivity index (χ2n) is 6.55. The highest BCUT2D eigenvalue weighted by atomic mass is 32.2. The molecule has 0 amide bonds. The van der Waals surface area contributed by atoms with Gasteiger partial charge in [-0.15, -0.1) is 0 Å². The van der Waals surface area contributed by atoms with Gasteiger partial charge >= 0.3 is 0 Å². The number of rotatable bonds is 4. The fourth-order valence-corrected chi connectivity index (χ4v) is 8.94. The van der Waals surface area contributed by atoms with E-state index in [-0.39, 0.29) is 5.60 Å². The van der Waals surface area contributed by atoms with Gasteiger partial charge in [0.05, 0.1) is 5.60 Å². The molecule has 3 fully saturated rings. The molecule has 1 spiro atoms. The zero-order chi connectivity index (χ0) is 14.7. The predicted octanol–water partition coefficient (Wildman–Crippen LogP) is 3.50. The van der Waals surface area contributed by atoms with Crippen molar-refractivity contribution in [2.45, 2.75) is 54.7 Å². The Bertz CT molecular complexity index is 335. The van der Waals surface area contributed by atoms with E-state index < -0.39 is 0 Å². The van der Waals surface area contributed by atoms with Gasteiger partial charge in [-0.1, -0.05) is 6.92 Å². The van der Waals surface area contributed by atoms with Crippen LogP contribution in [0.2, 0.25) is 0 Å². The van der Waals surface area contributed by atoms with E-state index in [1.807, 2.05) is 0 Å². The molecule has 5 heteroatoms. The largest absolute Gasteiger partial charge is 0.374 e. The minimum Gasteiger partial charge on any atom is -0.374 e. The van der Waals surface area contributed by atoms with E-state index in [9.17, 15) is 0 Å². The lowest BCUT2D eigenvalue weighted by atomic mass is 9.79. The Hall–Kier alpha value is 0.970. The quantitative estimate of drug-likeness (QED) is 0.838. The molecule has 3 saturated heterocycles. The molecule has 3 aliphatic heterocycles. The fourth-order valence-electron chi connectivity index (χ4n) is 4.17. The molecule has 0 radical (unpaired) electrons. The van der Waals surface area contributed by atoms with Crippen LogP contribution in [0.1, 0.15) is 32.6 Å². The van der Waals surface area contributed by atoms with E-state index in [2.05, 4.69) is 54.6 Å². The average Bonchev–Trinajstić information content (AvgIpc) is 2.96. The third kappa shape index (κ3) is 3.73. The Morgan fingerprint density at radius 1 is 1.29 bits per heavy atom. The topological polar surface area (TPSA) is 21.3 Å². The van der Waals surface area contributed by atoms with Gasteiger partial charge in [0.2, 0.25) is 0 Å². The van der Waals surface area contributed by atoms with E-state index in [1.54, 1.807) is 0 Å². The van der Waals surface area contributed by atoms with E-state index in [1.165, 1.54) is 48.7 Å². The fraction of sp³-hybridized carbons (Fsp3) is 1.00. The monoisotopic (exact) mass is 347 g/mol. The summed E-state index contributed by atoms with van der Waals surface area (Å²) in [6, 6.07) is 0.666. The van der Waals surface area contributed by atoms with Crippen LogP contribution >= 0.6 is 35.3 Å². The highest BCUT2D eigenvalue weighted by Crippen LogP contribution is 2.44. The first-order chi connectivity index (χ1) is 10.3. The summed E-state index contributed by atoms with van der Waals surface area (Å²) in [5, 5.41) is 5.33. The summed E-state index contributed by atoms with van der Waals surface area (Å²) in [6.07, 6.45) is 5.11. The minimum absolute atomic E-state index is 0.219. The smallest absolute Gasteiger partial charge is 0.0783 e. The summed E-state index contributed by atoms with van der Waals surface area (Å²) in [7, 11) is 2.18. The maximum absolute atomic E-state index is 6.23. The summed E-state index contributed by atoms with van der Waals surface area (Å²) in [6.45, 7) is 3.34. The van der Waals surface area contributed by atoms with Gasteiger partial charge in [-0.3, -0.25) is 0 Å². The molecule has 21 heavy (non-hydrogen) atoms. The Balaban J connectivity index is 1.69. The molecule has 0 aromatic rings. The molecule has 5 atom stereocenters. The average molecular weight is 348 g/mol. The molecule has 0 aliphatic carbocycles. The summed E-state index contributed by atoms with van der Waals surface area (Å²) in [5.74, 6) is 5.98. The van der Waals surface area contributed by atoms with E-state index in [4.69, 9.17) is 4.74 Å². The number of hydrogen-bond donors (Lipinski definition) is 1. The first-order valence-corrected chi connectivity index (χ1v) is 11.7. The summed E-state index contributed by atoms with van der Waals surface area (Å²) in [4.78, 5) is 0. The molecule has 0 aromatic heterocycles. The van der Waals surface area contributed by atoms with Crippen molar-refractivity contribution >= 4 is 35.3 Å². The van der Waals surface area contributed by atoms with Crippen molar-refractivity contribution < 1.29 is 4.74 Å². The van der Waals surface area contributed by atoms with Gasteiger partial charge in [0.1, 0.15) is 0 Å². The van der Waals surface area contributed by atoms with Crippen molar-refractivity contribution in [3.63, 3.8) is 0 Å². The molecule has 0 aromatic carbocycles. The maximum Gasteiger partial charge on any atom is 0.0783 e. The van der Waals surface area contributed by atoms with Crippen molar-refractivity contribution in [1.82, 2.24) is 5.32 Å². The van der Waals surface area contributed by atoms with Crippen LogP contribution in [0.3, 0.4) is 0 Å². The first-order valence-electron chi connectivity index (χ1n) is 8.40. The molecular weight excluding hydrogens is 318 g/mol. The number of hydrogen-bond acceptors (Lipinski definition) is 5. The van der Waals surface area contributed by atoms with Gasteiger partial charge in [0.25, 0.3) is 0 Å². The van der Waals surface area contributed by atoms with Gasteiger partial charge in [-0.25, -0.2) is 0 Å². The number of thioether (sulfide) groups is 3. The molecule has 1 N–H and O–H groups in total. The third-order valence-electron chi connectivity index (χ3n) is 5.29. The zero-order valence-corrected chi connectivity index (χ0v) is 15.8. The first kappa shape index (κ1) is 16.8. The molecule has 0 saturated carbocycles. The lowest BCUT2D eigenvalue weighted by Crippen LogP contribution is -2.53. The Labute approximate surface area is 142 Å². The standard InChI is InChI=1S/C16H29NOS3/c1-3-13-15(21-9-8-20-13)14(17-2)12-4-6-18-16(10-12)5-7-19-11-16/h12-15,17H,3-11H2,1-2H3. The van der Waals surface area contributed by atoms with Crippen LogP contribution in [0.4, 0.5) is 0 Å². The Morgan fingerprint density at radius 2 is 2.14 bits per heavy atom. The molecule has 5 unspecified atom stereocenters. The molecule has 0 bridgehead atoms. The second-order valence-corrected chi connectivity index (χ2v) is 10.3. The van der Waals surface area contributed by atoms with Crippen LogP contribution < -0.4 is 5.32 Å². The second kappa shape index (κ2) is 7.69. The van der Waals surface area contributed by atoms with Gasteiger partial charge in [-0.05, 0) is 44.4 Å². The van der Waals surface area contributed by atoms with Crippen molar-refractivity contribution in [3.8, 4) is 0 Å². The van der Waals surface area contributed by atoms with Crippen LogP contribution in [0, 0.1) is 5.92 Å².